The van der Waals surface area contributed by atoms with Gasteiger partial charge >= 0.3 is 0 Å². The number of methoxy groups -OCH3 is 1. The Kier molecular flexibility index (Phi) is 4.81. The molecule has 0 aliphatic rings. The van der Waals surface area contributed by atoms with Gasteiger partial charge in [-0.05, 0) is 60.7 Å². The highest BCUT2D eigenvalue weighted by atomic mass is 16.5. The quantitative estimate of drug-likeness (QED) is 0.467. The lowest BCUT2D eigenvalue weighted by Crippen LogP contribution is -2.12. The minimum absolute atomic E-state index is 0.0485. The van der Waals surface area contributed by atoms with Crippen LogP contribution in [0.3, 0.4) is 0 Å². The van der Waals surface area contributed by atoms with Crippen LogP contribution in [-0.4, -0.2) is 29.3 Å². The molecule has 0 N–H and O–H groups in total. The second kappa shape index (κ2) is 7.56. The van der Waals surface area contributed by atoms with Crippen molar-refractivity contribution in [2.24, 2.45) is 0 Å². The van der Waals surface area contributed by atoms with Crippen LogP contribution in [0, 0.1) is 0 Å². The SMILES string of the molecule is COc1ccc(N(C)c2ccc3ccc(C(=O)Cc4ccccn4)cn23)cc1. The van der Waals surface area contributed by atoms with Crippen LogP contribution >= 0.6 is 0 Å². The lowest BCUT2D eigenvalue weighted by molar-refractivity contribution is 0.0991. The summed E-state index contributed by atoms with van der Waals surface area (Å²) in [6, 6.07) is 21.4. The number of hydrogen-bond acceptors (Lipinski definition) is 4. The number of carbonyl (C=O) groups excluding carboxylic acids is 1. The zero-order valence-corrected chi connectivity index (χ0v) is 15.9. The van der Waals surface area contributed by atoms with Gasteiger partial charge in [-0.1, -0.05) is 6.07 Å². The zero-order chi connectivity index (χ0) is 19.5. The Morgan fingerprint density at radius 3 is 2.54 bits per heavy atom. The number of nitrogens with zero attached hydrogens (tertiary/aromatic N) is 3. The molecule has 0 aliphatic heterocycles. The molecule has 0 saturated carbocycles. The number of ether oxygens (including phenoxy) is 1. The van der Waals surface area contributed by atoms with Crippen molar-refractivity contribution >= 4 is 22.8 Å². The molecule has 0 atom stereocenters. The number of aromatic nitrogens is 2. The van der Waals surface area contributed by atoms with Crippen molar-refractivity contribution in [2.45, 2.75) is 6.42 Å². The van der Waals surface area contributed by atoms with Crippen LogP contribution in [-0.2, 0) is 6.42 Å². The maximum atomic E-state index is 12.7. The Balaban J connectivity index is 1.64. The van der Waals surface area contributed by atoms with E-state index in [4.69, 9.17) is 4.74 Å². The maximum absolute atomic E-state index is 12.7. The van der Waals surface area contributed by atoms with E-state index >= 15 is 0 Å². The highest BCUT2D eigenvalue weighted by molar-refractivity contribution is 5.97. The lowest BCUT2D eigenvalue weighted by atomic mass is 10.1. The molecule has 0 unspecified atom stereocenters. The molecule has 4 aromatic rings. The first-order valence-corrected chi connectivity index (χ1v) is 9.08. The van der Waals surface area contributed by atoms with E-state index < -0.39 is 0 Å². The fraction of sp³-hybridized carbons (Fsp3) is 0.130. The molecule has 1 aromatic carbocycles. The Bertz CT molecular complexity index is 1100. The summed E-state index contributed by atoms with van der Waals surface area (Å²) in [7, 11) is 3.66. The summed E-state index contributed by atoms with van der Waals surface area (Å²) in [5.74, 6) is 1.85. The van der Waals surface area contributed by atoms with Gasteiger partial charge in [-0.15, -0.1) is 0 Å². The first-order valence-electron chi connectivity index (χ1n) is 9.08. The molecule has 0 fully saturated rings. The molecule has 0 aliphatic carbocycles. The van der Waals surface area contributed by atoms with Crippen molar-refractivity contribution in [3.8, 4) is 5.75 Å². The van der Waals surface area contributed by atoms with E-state index in [0.717, 1.165) is 28.5 Å². The van der Waals surface area contributed by atoms with E-state index in [0.29, 0.717) is 5.56 Å². The standard InChI is InChI=1S/C23H21N3O2/c1-25(19-8-11-21(28-2)12-9-19)23-13-10-20-7-6-17(16-26(20)23)22(27)15-18-5-3-4-14-24-18/h3-14,16H,15H2,1-2H3. The average molecular weight is 371 g/mol. The molecule has 4 rings (SSSR count). The number of carbonyl (C=O) groups is 1. The van der Waals surface area contributed by atoms with Crippen LogP contribution in [0.4, 0.5) is 11.5 Å². The van der Waals surface area contributed by atoms with Crippen molar-refractivity contribution in [3.05, 3.63) is 90.4 Å². The minimum atomic E-state index is 0.0485. The van der Waals surface area contributed by atoms with Crippen molar-refractivity contribution in [1.82, 2.24) is 9.38 Å². The van der Waals surface area contributed by atoms with E-state index in [1.165, 1.54) is 0 Å². The van der Waals surface area contributed by atoms with Crippen LogP contribution in [0.2, 0.25) is 0 Å². The normalized spacial score (nSPS) is 10.8. The molecule has 3 heterocycles. The lowest BCUT2D eigenvalue weighted by Gasteiger charge is -2.20. The second-order valence-corrected chi connectivity index (χ2v) is 6.58. The molecule has 5 heteroatoms. The van der Waals surface area contributed by atoms with Crippen LogP contribution < -0.4 is 9.64 Å². The third-order valence-electron chi connectivity index (χ3n) is 4.82. The van der Waals surface area contributed by atoms with Crippen molar-refractivity contribution < 1.29 is 9.53 Å². The smallest absolute Gasteiger partial charge is 0.170 e. The predicted octanol–water partition coefficient (Wildman–Crippen LogP) is 4.54. The molecule has 0 radical (unpaired) electrons. The third kappa shape index (κ3) is 3.47. The van der Waals surface area contributed by atoms with Crippen LogP contribution in [0.15, 0.2) is 79.1 Å². The molecular weight excluding hydrogens is 350 g/mol. The summed E-state index contributed by atoms with van der Waals surface area (Å²) in [6.45, 7) is 0. The highest BCUT2D eigenvalue weighted by Gasteiger charge is 2.13. The fourth-order valence-corrected chi connectivity index (χ4v) is 3.23. The Labute approximate surface area is 163 Å². The molecule has 0 amide bonds. The molecule has 140 valence electrons. The van der Waals surface area contributed by atoms with Gasteiger partial charge in [0.15, 0.2) is 5.78 Å². The van der Waals surface area contributed by atoms with E-state index in [2.05, 4.69) is 9.88 Å². The van der Waals surface area contributed by atoms with E-state index in [9.17, 15) is 4.79 Å². The molecule has 0 saturated heterocycles. The van der Waals surface area contributed by atoms with Gasteiger partial charge in [0, 0.05) is 41.9 Å². The van der Waals surface area contributed by atoms with Crippen molar-refractivity contribution in [3.63, 3.8) is 0 Å². The summed E-state index contributed by atoms with van der Waals surface area (Å²) in [4.78, 5) is 19.1. The number of anilines is 2. The minimum Gasteiger partial charge on any atom is -0.497 e. The van der Waals surface area contributed by atoms with Crippen molar-refractivity contribution in [2.75, 3.05) is 19.1 Å². The number of Topliss-reactive ketones (excluding diaryl/α,β-unsaturated/α-hetero) is 1. The summed E-state index contributed by atoms with van der Waals surface area (Å²) in [6.07, 6.45) is 3.90. The van der Waals surface area contributed by atoms with E-state index in [1.54, 1.807) is 13.3 Å². The Hall–Kier alpha value is -3.60. The largest absolute Gasteiger partial charge is 0.497 e. The van der Waals surface area contributed by atoms with Gasteiger partial charge in [0.25, 0.3) is 0 Å². The molecular formula is C23H21N3O2. The van der Waals surface area contributed by atoms with Crippen LogP contribution in [0.25, 0.3) is 5.52 Å². The van der Waals surface area contributed by atoms with Gasteiger partial charge in [-0.3, -0.25) is 9.78 Å². The average Bonchev–Trinajstić information content (AvgIpc) is 3.17. The first-order chi connectivity index (χ1) is 13.7. The fourth-order valence-electron chi connectivity index (χ4n) is 3.23. The number of pyridine rings is 2. The van der Waals surface area contributed by atoms with Gasteiger partial charge in [-0.25, -0.2) is 0 Å². The second-order valence-electron chi connectivity index (χ2n) is 6.58. The molecule has 0 bridgehead atoms. The van der Waals surface area contributed by atoms with Gasteiger partial charge in [0.05, 0.1) is 13.5 Å². The monoisotopic (exact) mass is 371 g/mol. The topological polar surface area (TPSA) is 46.8 Å². The van der Waals surface area contributed by atoms with Crippen LogP contribution in [0.5, 0.6) is 5.75 Å². The molecule has 3 aromatic heterocycles. The number of hydrogen-bond donors (Lipinski definition) is 0. The molecule has 0 spiro atoms. The van der Waals surface area contributed by atoms with Gasteiger partial charge in [0.1, 0.15) is 11.6 Å². The summed E-state index contributed by atoms with van der Waals surface area (Å²) in [5.41, 5.74) is 3.50. The van der Waals surface area contributed by atoms with Gasteiger partial charge in [-0.2, -0.15) is 0 Å². The number of rotatable bonds is 6. The summed E-state index contributed by atoms with van der Waals surface area (Å²) < 4.78 is 7.27. The van der Waals surface area contributed by atoms with E-state index in [1.807, 2.05) is 84.4 Å². The van der Waals surface area contributed by atoms with E-state index in [-0.39, 0.29) is 12.2 Å². The Morgan fingerprint density at radius 1 is 1.04 bits per heavy atom. The Morgan fingerprint density at radius 2 is 1.82 bits per heavy atom. The third-order valence-corrected chi connectivity index (χ3v) is 4.82. The maximum Gasteiger partial charge on any atom is 0.170 e. The molecule has 28 heavy (non-hydrogen) atoms. The number of fused-ring (bicyclic) bond motifs is 1. The predicted molar refractivity (Wildman–Crippen MR) is 111 cm³/mol. The summed E-state index contributed by atoms with van der Waals surface area (Å²) in [5, 5.41) is 0. The first kappa shape index (κ1) is 17.8. The van der Waals surface area contributed by atoms with Crippen LogP contribution in [0.1, 0.15) is 16.1 Å². The molecule has 5 nitrogen and oxygen atoms in total. The zero-order valence-electron chi connectivity index (χ0n) is 15.9. The van der Waals surface area contributed by atoms with Gasteiger partial charge < -0.3 is 14.0 Å². The summed E-state index contributed by atoms with van der Waals surface area (Å²) >= 11 is 0. The van der Waals surface area contributed by atoms with Crippen molar-refractivity contribution in [1.29, 1.82) is 0 Å². The number of benzene rings is 1. The van der Waals surface area contributed by atoms with Gasteiger partial charge in [0.2, 0.25) is 0 Å². The highest BCUT2D eigenvalue weighted by Crippen LogP contribution is 2.28. The number of ketones is 1.